The van der Waals surface area contributed by atoms with Crippen LogP contribution in [0, 0.1) is 0 Å². The standard InChI is InChI=1S/C18H28N2O2.C2H2O4/c1-3-17(21)16-8-5-6-9-18(16)22-15-7-10-20-13-11-19(4-2)12-14-20;3-1(4)2(5)6/h5-6,8-9H,3-4,7,10-15H2,1-2H3;(H,3,4)(H,5,6). The molecule has 1 saturated heterocycles. The molecule has 28 heavy (non-hydrogen) atoms. The van der Waals surface area contributed by atoms with Crippen LogP contribution in [0.5, 0.6) is 5.75 Å². The number of likely N-dealkylation sites (N-methyl/N-ethyl adjacent to an activating group) is 1. The predicted octanol–water partition coefficient (Wildman–Crippen LogP) is 1.84. The zero-order valence-electron chi connectivity index (χ0n) is 16.6. The van der Waals surface area contributed by atoms with Crippen LogP contribution in [0.15, 0.2) is 24.3 Å². The number of carboxylic acids is 2. The lowest BCUT2D eigenvalue weighted by Gasteiger charge is -2.33. The van der Waals surface area contributed by atoms with Crippen molar-refractivity contribution in [2.24, 2.45) is 0 Å². The van der Waals surface area contributed by atoms with Crippen molar-refractivity contribution < 1.29 is 29.3 Å². The third-order valence-corrected chi connectivity index (χ3v) is 4.48. The molecule has 2 N–H and O–H groups in total. The van der Waals surface area contributed by atoms with E-state index in [1.807, 2.05) is 31.2 Å². The number of ketones is 1. The minimum Gasteiger partial charge on any atom is -0.493 e. The number of carbonyl (C=O) groups is 3. The topological polar surface area (TPSA) is 107 Å². The van der Waals surface area contributed by atoms with Crippen LogP contribution in [0.4, 0.5) is 0 Å². The maximum Gasteiger partial charge on any atom is 0.414 e. The van der Waals surface area contributed by atoms with Crippen molar-refractivity contribution in [1.82, 2.24) is 9.80 Å². The average Bonchev–Trinajstić information content (AvgIpc) is 2.71. The molecule has 1 heterocycles. The SMILES string of the molecule is CCC(=O)c1ccccc1OCCCN1CCN(CC)CC1.O=C(O)C(=O)O. The van der Waals surface area contributed by atoms with Gasteiger partial charge in [-0.3, -0.25) is 4.79 Å². The Morgan fingerprint density at radius 2 is 1.54 bits per heavy atom. The van der Waals surface area contributed by atoms with Gasteiger partial charge in [-0.15, -0.1) is 0 Å². The predicted molar refractivity (Wildman–Crippen MR) is 105 cm³/mol. The van der Waals surface area contributed by atoms with Gasteiger partial charge in [0, 0.05) is 39.1 Å². The quantitative estimate of drug-likeness (QED) is 0.391. The maximum absolute atomic E-state index is 11.9. The molecule has 0 atom stereocenters. The normalized spacial score (nSPS) is 14.6. The summed E-state index contributed by atoms with van der Waals surface area (Å²) in [7, 11) is 0. The van der Waals surface area contributed by atoms with Gasteiger partial charge >= 0.3 is 11.9 Å². The van der Waals surface area contributed by atoms with Crippen LogP contribution >= 0.6 is 0 Å². The lowest BCUT2D eigenvalue weighted by molar-refractivity contribution is -0.159. The smallest absolute Gasteiger partial charge is 0.414 e. The molecule has 8 nitrogen and oxygen atoms in total. The van der Waals surface area contributed by atoms with Crippen molar-refractivity contribution in [2.45, 2.75) is 26.7 Å². The fourth-order valence-electron chi connectivity index (χ4n) is 2.81. The summed E-state index contributed by atoms with van der Waals surface area (Å²) in [6.07, 6.45) is 1.52. The Labute approximate surface area is 165 Å². The number of benzene rings is 1. The second-order valence-corrected chi connectivity index (χ2v) is 6.36. The highest BCUT2D eigenvalue weighted by atomic mass is 16.5. The van der Waals surface area contributed by atoms with E-state index in [1.54, 1.807) is 0 Å². The van der Waals surface area contributed by atoms with Crippen molar-refractivity contribution in [3.63, 3.8) is 0 Å². The minimum atomic E-state index is -1.82. The molecule has 1 aromatic carbocycles. The summed E-state index contributed by atoms with van der Waals surface area (Å²) in [5.74, 6) is -2.78. The number of carbonyl (C=O) groups excluding carboxylic acids is 1. The van der Waals surface area contributed by atoms with Crippen LogP contribution in [-0.2, 0) is 9.59 Å². The molecule has 1 aromatic rings. The third-order valence-electron chi connectivity index (χ3n) is 4.48. The highest BCUT2D eigenvalue weighted by Crippen LogP contribution is 2.19. The van der Waals surface area contributed by atoms with Crippen LogP contribution in [0.1, 0.15) is 37.0 Å². The van der Waals surface area contributed by atoms with Crippen molar-refractivity contribution in [3.05, 3.63) is 29.8 Å². The van der Waals surface area contributed by atoms with Crippen LogP contribution in [0.3, 0.4) is 0 Å². The number of carboxylic acid groups (broad SMARTS) is 2. The summed E-state index contributed by atoms with van der Waals surface area (Å²) in [6.45, 7) is 11.6. The van der Waals surface area contributed by atoms with Gasteiger partial charge in [-0.1, -0.05) is 26.0 Å². The molecule has 2 rings (SSSR count). The van der Waals surface area contributed by atoms with E-state index in [0.717, 1.165) is 38.3 Å². The first-order valence-electron chi connectivity index (χ1n) is 9.54. The van der Waals surface area contributed by atoms with Gasteiger partial charge in [0.25, 0.3) is 0 Å². The lowest BCUT2D eigenvalue weighted by atomic mass is 10.1. The number of Topliss-reactive ketones (excluding diaryl/α,β-unsaturated/α-hetero) is 1. The number of ether oxygens (including phenoxy) is 1. The fraction of sp³-hybridized carbons (Fsp3) is 0.550. The maximum atomic E-state index is 11.9. The van der Waals surface area contributed by atoms with Crippen molar-refractivity contribution in [1.29, 1.82) is 0 Å². The molecule has 0 amide bonds. The largest absolute Gasteiger partial charge is 0.493 e. The van der Waals surface area contributed by atoms with E-state index in [2.05, 4.69) is 16.7 Å². The molecule has 0 spiro atoms. The van der Waals surface area contributed by atoms with Crippen LogP contribution in [0.25, 0.3) is 0 Å². The van der Waals surface area contributed by atoms with Gasteiger partial charge in [0.2, 0.25) is 0 Å². The molecule has 0 bridgehead atoms. The second kappa shape index (κ2) is 12.9. The summed E-state index contributed by atoms with van der Waals surface area (Å²) in [4.78, 5) is 35.1. The Morgan fingerprint density at radius 1 is 0.964 bits per heavy atom. The fourth-order valence-corrected chi connectivity index (χ4v) is 2.81. The first-order chi connectivity index (χ1) is 13.4. The van der Waals surface area contributed by atoms with E-state index in [1.165, 1.54) is 13.1 Å². The Kier molecular flexibility index (Phi) is 10.8. The first kappa shape index (κ1) is 23.6. The number of rotatable bonds is 8. The molecule has 0 aromatic heterocycles. The highest BCUT2D eigenvalue weighted by molar-refractivity contribution is 6.27. The molecule has 0 aliphatic carbocycles. The van der Waals surface area contributed by atoms with Crippen molar-refractivity contribution in [3.8, 4) is 5.75 Å². The molecular formula is C20H30N2O6. The van der Waals surface area contributed by atoms with E-state index in [9.17, 15) is 4.79 Å². The Hall–Kier alpha value is -2.45. The molecule has 1 aliphatic rings. The molecule has 0 unspecified atom stereocenters. The van der Waals surface area contributed by atoms with Gasteiger partial charge in [-0.2, -0.15) is 0 Å². The number of nitrogens with zero attached hydrogens (tertiary/aromatic N) is 2. The number of hydrogen-bond acceptors (Lipinski definition) is 6. The van der Waals surface area contributed by atoms with E-state index in [-0.39, 0.29) is 5.78 Å². The number of aliphatic carboxylic acids is 2. The molecule has 1 fully saturated rings. The molecule has 0 radical (unpaired) electrons. The van der Waals surface area contributed by atoms with Gasteiger partial charge in [0.15, 0.2) is 5.78 Å². The summed E-state index contributed by atoms with van der Waals surface area (Å²) >= 11 is 0. The van der Waals surface area contributed by atoms with Gasteiger partial charge in [0.1, 0.15) is 5.75 Å². The molecule has 156 valence electrons. The molecular weight excluding hydrogens is 364 g/mol. The highest BCUT2D eigenvalue weighted by Gasteiger charge is 2.15. The van der Waals surface area contributed by atoms with E-state index >= 15 is 0 Å². The molecule has 1 aliphatic heterocycles. The monoisotopic (exact) mass is 394 g/mol. The average molecular weight is 394 g/mol. The summed E-state index contributed by atoms with van der Waals surface area (Å²) in [5.41, 5.74) is 0.710. The van der Waals surface area contributed by atoms with Gasteiger partial charge < -0.3 is 24.7 Å². The van der Waals surface area contributed by atoms with Crippen LogP contribution in [0.2, 0.25) is 0 Å². The number of hydrogen-bond donors (Lipinski definition) is 2. The first-order valence-corrected chi connectivity index (χ1v) is 9.54. The van der Waals surface area contributed by atoms with Gasteiger partial charge in [-0.05, 0) is 25.1 Å². The summed E-state index contributed by atoms with van der Waals surface area (Å²) < 4.78 is 5.84. The van der Waals surface area contributed by atoms with Crippen LogP contribution in [-0.4, -0.2) is 83.6 Å². The van der Waals surface area contributed by atoms with Crippen molar-refractivity contribution >= 4 is 17.7 Å². The summed E-state index contributed by atoms with van der Waals surface area (Å²) in [5, 5.41) is 14.8. The van der Waals surface area contributed by atoms with E-state index in [0.29, 0.717) is 18.6 Å². The summed E-state index contributed by atoms with van der Waals surface area (Å²) in [6, 6.07) is 7.56. The Balaban J connectivity index is 0.000000568. The lowest BCUT2D eigenvalue weighted by Crippen LogP contribution is -2.46. The van der Waals surface area contributed by atoms with Gasteiger partial charge in [0.05, 0.1) is 12.2 Å². The zero-order valence-corrected chi connectivity index (χ0v) is 16.6. The van der Waals surface area contributed by atoms with Gasteiger partial charge in [-0.25, -0.2) is 9.59 Å². The minimum absolute atomic E-state index is 0.145. The molecule has 0 saturated carbocycles. The Bertz CT molecular complexity index is 629. The number of piperazine rings is 1. The number of para-hydroxylation sites is 1. The molecule has 8 heteroatoms. The third kappa shape index (κ3) is 8.49. The Morgan fingerprint density at radius 3 is 2.07 bits per heavy atom. The van der Waals surface area contributed by atoms with Crippen molar-refractivity contribution in [2.75, 3.05) is 45.9 Å². The van der Waals surface area contributed by atoms with Crippen LogP contribution < -0.4 is 4.74 Å². The van der Waals surface area contributed by atoms with E-state index in [4.69, 9.17) is 24.5 Å². The van der Waals surface area contributed by atoms with E-state index < -0.39 is 11.9 Å². The second-order valence-electron chi connectivity index (χ2n) is 6.36. The zero-order chi connectivity index (χ0) is 20.9.